The van der Waals surface area contributed by atoms with Gasteiger partial charge >= 0.3 is 0 Å². The first-order valence-corrected chi connectivity index (χ1v) is 10.1. The summed E-state index contributed by atoms with van der Waals surface area (Å²) < 4.78 is 27.0. The number of carbonyl (C=O) groups is 1. The molecule has 1 aliphatic heterocycles. The molecule has 4 rings (SSSR count). The first kappa shape index (κ1) is 18.5. The molecule has 1 unspecified atom stereocenters. The van der Waals surface area contributed by atoms with E-state index >= 15 is 0 Å². The number of nitrogens with two attached hydrogens (primary N) is 1. The maximum Gasteiger partial charge on any atom is 0.274 e. The number of likely N-dealkylation sites (tertiary alicyclic amines) is 1. The summed E-state index contributed by atoms with van der Waals surface area (Å²) in [4.78, 5) is 20.2. The maximum atomic E-state index is 13.7. The van der Waals surface area contributed by atoms with E-state index in [0.717, 1.165) is 30.0 Å². The second-order valence-electron chi connectivity index (χ2n) is 7.80. The predicted molar refractivity (Wildman–Crippen MR) is 101 cm³/mol. The number of thiazole rings is 1. The number of aryl methyl sites for hydroxylation is 1. The number of nitrogens with zero attached hydrogens (tertiary/aromatic N) is 2. The third kappa shape index (κ3) is 3.17. The van der Waals surface area contributed by atoms with Crippen molar-refractivity contribution in [1.29, 1.82) is 0 Å². The normalized spacial score (nSPS) is 27.2. The van der Waals surface area contributed by atoms with Crippen LogP contribution in [0.15, 0.2) is 18.2 Å². The number of benzene rings is 1. The number of hydrogen-bond donors (Lipinski definition) is 1. The van der Waals surface area contributed by atoms with Crippen molar-refractivity contribution < 1.29 is 13.6 Å². The lowest BCUT2D eigenvalue weighted by molar-refractivity contribution is 0.0710. The van der Waals surface area contributed by atoms with Crippen LogP contribution in [0.3, 0.4) is 0 Å². The summed E-state index contributed by atoms with van der Waals surface area (Å²) in [5.74, 6) is -0.384. The average molecular weight is 391 g/mol. The Hall–Kier alpha value is -1.86. The monoisotopic (exact) mass is 391 g/mol. The Bertz CT molecular complexity index is 884. The molecule has 144 valence electrons. The number of amides is 1. The van der Waals surface area contributed by atoms with E-state index in [9.17, 15) is 13.6 Å². The number of fused-ring (bicyclic) bond motifs is 1. The fourth-order valence-corrected chi connectivity index (χ4v) is 5.73. The number of carbonyl (C=O) groups excluding carboxylic acids is 1. The first-order valence-electron chi connectivity index (χ1n) is 9.33. The van der Waals surface area contributed by atoms with Gasteiger partial charge in [-0.1, -0.05) is 13.0 Å². The quantitative estimate of drug-likeness (QED) is 0.865. The van der Waals surface area contributed by atoms with Gasteiger partial charge in [-0.05, 0) is 55.2 Å². The zero-order chi connectivity index (χ0) is 19.3. The highest BCUT2D eigenvalue weighted by atomic mass is 32.1. The molecule has 1 aromatic heterocycles. The summed E-state index contributed by atoms with van der Waals surface area (Å²) in [7, 11) is 0. The zero-order valence-corrected chi connectivity index (χ0v) is 16.2. The fourth-order valence-electron chi connectivity index (χ4n) is 4.82. The molecule has 4 atom stereocenters. The summed E-state index contributed by atoms with van der Waals surface area (Å²) >= 11 is 1.32. The molecule has 2 heterocycles. The molecule has 2 fully saturated rings. The van der Waals surface area contributed by atoms with Gasteiger partial charge in [-0.2, -0.15) is 0 Å². The second kappa shape index (κ2) is 6.95. The van der Waals surface area contributed by atoms with Crippen molar-refractivity contribution in [3.05, 3.63) is 40.5 Å². The minimum absolute atomic E-state index is 0.0206. The lowest BCUT2D eigenvalue weighted by Gasteiger charge is -2.27. The van der Waals surface area contributed by atoms with E-state index in [4.69, 9.17) is 5.73 Å². The van der Waals surface area contributed by atoms with Crippen LogP contribution >= 0.6 is 11.3 Å². The van der Waals surface area contributed by atoms with Crippen molar-refractivity contribution in [3.63, 3.8) is 0 Å². The standard InChI is InChI=1S/C20H23F2N3OS/c1-10-5-13-9-25(17(8-23)14(13)6-10)20(26)18-19(27-11(2)24-18)12-3-4-15(21)16(22)7-12/h3-4,7,10,13-14,17H,5-6,8-9,23H2,1-2H3/t10?,13-,14-,17+/m0/s1. The molecule has 0 spiro atoms. The molecule has 1 aromatic carbocycles. The highest BCUT2D eigenvalue weighted by Gasteiger charge is 2.48. The van der Waals surface area contributed by atoms with E-state index in [2.05, 4.69) is 11.9 Å². The molecule has 2 aromatic rings. The van der Waals surface area contributed by atoms with Crippen molar-refractivity contribution in [2.45, 2.75) is 32.7 Å². The fraction of sp³-hybridized carbons (Fsp3) is 0.500. The van der Waals surface area contributed by atoms with Gasteiger partial charge in [0.2, 0.25) is 0 Å². The summed E-state index contributed by atoms with van der Waals surface area (Å²) in [6.07, 6.45) is 2.22. The van der Waals surface area contributed by atoms with Gasteiger partial charge in [-0.3, -0.25) is 4.79 Å². The van der Waals surface area contributed by atoms with Crippen molar-refractivity contribution in [1.82, 2.24) is 9.88 Å². The molecule has 1 saturated heterocycles. The number of aromatic nitrogens is 1. The van der Waals surface area contributed by atoms with Gasteiger partial charge in [0.15, 0.2) is 11.6 Å². The lowest BCUT2D eigenvalue weighted by Crippen LogP contribution is -2.43. The van der Waals surface area contributed by atoms with Crippen molar-refractivity contribution in [3.8, 4) is 10.4 Å². The van der Waals surface area contributed by atoms with Gasteiger partial charge in [-0.15, -0.1) is 11.3 Å². The van der Waals surface area contributed by atoms with Crippen LogP contribution in [0.1, 0.15) is 35.3 Å². The topological polar surface area (TPSA) is 59.2 Å². The Morgan fingerprint density at radius 2 is 2.11 bits per heavy atom. The summed E-state index contributed by atoms with van der Waals surface area (Å²) in [6, 6.07) is 3.72. The molecular weight excluding hydrogens is 368 g/mol. The van der Waals surface area contributed by atoms with E-state index in [1.165, 1.54) is 17.4 Å². The minimum atomic E-state index is -0.929. The number of rotatable bonds is 3. The molecular formula is C20H23F2N3OS. The highest BCUT2D eigenvalue weighted by molar-refractivity contribution is 7.15. The van der Waals surface area contributed by atoms with Crippen molar-refractivity contribution in [2.75, 3.05) is 13.1 Å². The van der Waals surface area contributed by atoms with E-state index in [1.54, 1.807) is 0 Å². The number of halogens is 2. The predicted octanol–water partition coefficient (Wildman–Crippen LogP) is 3.84. The third-order valence-electron chi connectivity index (χ3n) is 5.93. The molecule has 7 heteroatoms. The Kier molecular flexibility index (Phi) is 4.76. The average Bonchev–Trinajstić information content (AvgIpc) is 3.28. The van der Waals surface area contributed by atoms with E-state index in [1.807, 2.05) is 11.8 Å². The minimum Gasteiger partial charge on any atom is -0.332 e. The Labute approximate surface area is 161 Å². The van der Waals surface area contributed by atoms with Crippen LogP contribution in [0.5, 0.6) is 0 Å². The molecule has 27 heavy (non-hydrogen) atoms. The molecule has 1 aliphatic carbocycles. The molecule has 0 radical (unpaired) electrons. The van der Waals surface area contributed by atoms with Gasteiger partial charge < -0.3 is 10.6 Å². The van der Waals surface area contributed by atoms with Crippen LogP contribution in [-0.4, -0.2) is 34.9 Å². The molecule has 4 nitrogen and oxygen atoms in total. The Morgan fingerprint density at radius 3 is 2.81 bits per heavy atom. The SMILES string of the molecule is Cc1nc(C(=O)N2C[C@@H]3CC(C)C[C@@H]3[C@H]2CN)c(-c2ccc(F)c(F)c2)s1. The van der Waals surface area contributed by atoms with Crippen LogP contribution in [0.2, 0.25) is 0 Å². The molecule has 1 amide bonds. The van der Waals surface area contributed by atoms with E-state index in [0.29, 0.717) is 47.0 Å². The van der Waals surface area contributed by atoms with Crippen molar-refractivity contribution in [2.24, 2.45) is 23.5 Å². The Balaban J connectivity index is 1.68. The van der Waals surface area contributed by atoms with Gasteiger partial charge in [0, 0.05) is 19.1 Å². The van der Waals surface area contributed by atoms with E-state index in [-0.39, 0.29) is 11.9 Å². The highest BCUT2D eigenvalue weighted by Crippen LogP contribution is 2.45. The van der Waals surface area contributed by atoms with Gasteiger partial charge in [0.1, 0.15) is 5.69 Å². The van der Waals surface area contributed by atoms with Gasteiger partial charge in [0.05, 0.1) is 9.88 Å². The third-order valence-corrected chi connectivity index (χ3v) is 6.95. The summed E-state index contributed by atoms with van der Waals surface area (Å²) in [5, 5.41) is 0.718. The smallest absolute Gasteiger partial charge is 0.274 e. The zero-order valence-electron chi connectivity index (χ0n) is 15.4. The molecule has 2 N–H and O–H groups in total. The second-order valence-corrected chi connectivity index (χ2v) is 9.00. The van der Waals surface area contributed by atoms with Crippen LogP contribution in [0.4, 0.5) is 8.78 Å². The van der Waals surface area contributed by atoms with Crippen LogP contribution in [0, 0.1) is 36.3 Å². The first-order chi connectivity index (χ1) is 12.9. The van der Waals surface area contributed by atoms with Gasteiger partial charge in [0.25, 0.3) is 5.91 Å². The largest absolute Gasteiger partial charge is 0.332 e. The lowest BCUT2D eigenvalue weighted by atomic mass is 9.94. The van der Waals surface area contributed by atoms with Crippen LogP contribution in [0.25, 0.3) is 10.4 Å². The molecule has 2 aliphatic rings. The van der Waals surface area contributed by atoms with Crippen molar-refractivity contribution >= 4 is 17.2 Å². The molecule has 1 saturated carbocycles. The van der Waals surface area contributed by atoms with E-state index < -0.39 is 11.6 Å². The summed E-state index contributed by atoms with van der Waals surface area (Å²) in [6.45, 7) is 5.20. The van der Waals surface area contributed by atoms with Crippen LogP contribution in [-0.2, 0) is 0 Å². The van der Waals surface area contributed by atoms with Crippen LogP contribution < -0.4 is 5.73 Å². The summed E-state index contributed by atoms with van der Waals surface area (Å²) in [5.41, 5.74) is 6.82. The van der Waals surface area contributed by atoms with Gasteiger partial charge in [-0.25, -0.2) is 13.8 Å². The Morgan fingerprint density at radius 1 is 1.33 bits per heavy atom. The molecule has 0 bridgehead atoms. The maximum absolute atomic E-state index is 13.7. The number of hydrogen-bond acceptors (Lipinski definition) is 4.